The average molecular weight is 395 g/mol. The molecule has 0 aliphatic carbocycles. The topological polar surface area (TPSA) is 49.3 Å². The minimum absolute atomic E-state index is 0.0669. The summed E-state index contributed by atoms with van der Waals surface area (Å²) in [5, 5.41) is 12.4. The molecule has 3 nitrogen and oxygen atoms in total. The first-order valence-electron chi connectivity index (χ1n) is 6.87. The van der Waals surface area contributed by atoms with Gasteiger partial charge >= 0.3 is 5.97 Å². The Hall–Kier alpha value is -1.40. The lowest BCUT2D eigenvalue weighted by Gasteiger charge is -2.17. The Morgan fingerprint density at radius 2 is 1.71 bits per heavy atom. The predicted octanol–water partition coefficient (Wildman–Crippen LogP) is 3.47. The van der Waals surface area contributed by atoms with Crippen LogP contribution >= 0.6 is 22.6 Å². The van der Waals surface area contributed by atoms with E-state index in [1.54, 1.807) is 0 Å². The molecule has 2 aromatic carbocycles. The molecule has 0 aliphatic rings. The summed E-state index contributed by atoms with van der Waals surface area (Å²) in [6, 6.07) is 18.2. The highest BCUT2D eigenvalue weighted by atomic mass is 127. The van der Waals surface area contributed by atoms with Crippen LogP contribution in [-0.4, -0.2) is 17.1 Å². The van der Waals surface area contributed by atoms with Gasteiger partial charge in [0.2, 0.25) is 0 Å². The highest BCUT2D eigenvalue weighted by Crippen LogP contribution is 2.11. The highest BCUT2D eigenvalue weighted by molar-refractivity contribution is 14.1. The number of hydrogen-bond acceptors (Lipinski definition) is 2. The Morgan fingerprint density at radius 1 is 1.05 bits per heavy atom. The zero-order valence-corrected chi connectivity index (χ0v) is 13.8. The van der Waals surface area contributed by atoms with Gasteiger partial charge in [-0.1, -0.05) is 42.5 Å². The molecule has 0 amide bonds. The Balaban J connectivity index is 1.97. The second-order valence-electron chi connectivity index (χ2n) is 4.99. The van der Waals surface area contributed by atoms with Crippen molar-refractivity contribution in [2.45, 2.75) is 25.4 Å². The first-order chi connectivity index (χ1) is 10.1. The van der Waals surface area contributed by atoms with Gasteiger partial charge in [0.05, 0.1) is 6.42 Å². The maximum Gasteiger partial charge on any atom is 0.304 e. The van der Waals surface area contributed by atoms with E-state index in [2.05, 4.69) is 40.0 Å². The summed E-state index contributed by atoms with van der Waals surface area (Å²) in [6.45, 7) is 0.684. The molecule has 0 bridgehead atoms. The van der Waals surface area contributed by atoms with Gasteiger partial charge in [0.25, 0.3) is 0 Å². The van der Waals surface area contributed by atoms with Crippen molar-refractivity contribution in [2.75, 3.05) is 0 Å². The fourth-order valence-electron chi connectivity index (χ4n) is 2.19. The average Bonchev–Trinajstić information content (AvgIpc) is 2.48. The van der Waals surface area contributed by atoms with Gasteiger partial charge in [-0.15, -0.1) is 0 Å². The van der Waals surface area contributed by atoms with E-state index in [0.717, 1.165) is 17.5 Å². The van der Waals surface area contributed by atoms with Crippen LogP contribution in [0.25, 0.3) is 0 Å². The Kier molecular flexibility index (Phi) is 6.20. The van der Waals surface area contributed by atoms with Crippen molar-refractivity contribution < 1.29 is 9.90 Å². The molecular formula is C17H18INO2. The SMILES string of the molecule is O=C(O)C[C@@H](Cc1ccc(I)cc1)NCc1ccccc1. The quantitative estimate of drug-likeness (QED) is 0.706. The standard InChI is InChI=1S/C17H18INO2/c18-15-8-6-13(7-9-15)10-16(11-17(20)21)19-12-14-4-2-1-3-5-14/h1-9,16,19H,10-12H2,(H,20,21)/t16-/m1/s1. The molecule has 1 atom stereocenters. The van der Waals surface area contributed by atoms with Crippen molar-refractivity contribution in [3.05, 3.63) is 69.3 Å². The van der Waals surface area contributed by atoms with Crippen molar-refractivity contribution >= 4 is 28.6 Å². The first-order valence-corrected chi connectivity index (χ1v) is 7.95. The van der Waals surface area contributed by atoms with Crippen molar-refractivity contribution in [1.29, 1.82) is 0 Å². The van der Waals surface area contributed by atoms with Crippen LogP contribution in [0.4, 0.5) is 0 Å². The molecule has 2 aromatic rings. The molecule has 0 fully saturated rings. The summed E-state index contributed by atoms with van der Waals surface area (Å²) in [5.41, 5.74) is 2.32. The van der Waals surface area contributed by atoms with E-state index in [0.29, 0.717) is 6.54 Å². The number of carboxylic acids is 1. The molecule has 21 heavy (non-hydrogen) atoms. The van der Waals surface area contributed by atoms with Crippen LogP contribution in [0.5, 0.6) is 0 Å². The fourth-order valence-corrected chi connectivity index (χ4v) is 2.55. The molecule has 0 aliphatic heterocycles. The largest absolute Gasteiger partial charge is 0.481 e. The summed E-state index contributed by atoms with van der Waals surface area (Å²) < 4.78 is 1.18. The minimum Gasteiger partial charge on any atom is -0.481 e. The predicted molar refractivity (Wildman–Crippen MR) is 92.2 cm³/mol. The zero-order valence-electron chi connectivity index (χ0n) is 11.6. The number of nitrogens with one attached hydrogen (secondary N) is 1. The van der Waals surface area contributed by atoms with Gasteiger partial charge < -0.3 is 10.4 Å². The molecule has 0 radical (unpaired) electrons. The van der Waals surface area contributed by atoms with Gasteiger partial charge in [0.1, 0.15) is 0 Å². The van der Waals surface area contributed by atoms with Crippen molar-refractivity contribution in [2.24, 2.45) is 0 Å². The van der Waals surface area contributed by atoms with E-state index in [1.807, 2.05) is 42.5 Å². The molecule has 0 aromatic heterocycles. The fraction of sp³-hybridized carbons (Fsp3) is 0.235. The lowest BCUT2D eigenvalue weighted by molar-refractivity contribution is -0.137. The van der Waals surface area contributed by atoms with E-state index in [4.69, 9.17) is 5.11 Å². The second kappa shape index (κ2) is 8.14. The summed E-state index contributed by atoms with van der Waals surface area (Å²) >= 11 is 2.26. The van der Waals surface area contributed by atoms with Crippen molar-refractivity contribution in [1.82, 2.24) is 5.32 Å². The first kappa shape index (κ1) is 16.0. The van der Waals surface area contributed by atoms with Crippen LogP contribution in [0.3, 0.4) is 0 Å². The maximum atomic E-state index is 11.0. The normalized spacial score (nSPS) is 12.0. The van der Waals surface area contributed by atoms with Gasteiger partial charge in [-0.05, 0) is 52.3 Å². The van der Waals surface area contributed by atoms with Crippen LogP contribution in [-0.2, 0) is 17.8 Å². The number of rotatable bonds is 7. The number of carbonyl (C=O) groups is 1. The number of benzene rings is 2. The maximum absolute atomic E-state index is 11.0. The third-order valence-corrected chi connectivity index (χ3v) is 3.97. The van der Waals surface area contributed by atoms with E-state index in [1.165, 1.54) is 3.57 Å². The molecule has 0 heterocycles. The number of carboxylic acid groups (broad SMARTS) is 1. The highest BCUT2D eigenvalue weighted by Gasteiger charge is 2.13. The lowest BCUT2D eigenvalue weighted by atomic mass is 10.0. The summed E-state index contributed by atoms with van der Waals surface area (Å²) in [7, 11) is 0. The van der Waals surface area contributed by atoms with Crippen LogP contribution < -0.4 is 5.32 Å². The van der Waals surface area contributed by atoms with Gasteiger partial charge in [0.15, 0.2) is 0 Å². The monoisotopic (exact) mass is 395 g/mol. The molecule has 4 heteroatoms. The van der Waals surface area contributed by atoms with E-state index in [-0.39, 0.29) is 12.5 Å². The van der Waals surface area contributed by atoms with Gasteiger partial charge in [-0.2, -0.15) is 0 Å². The third kappa shape index (κ3) is 5.85. The number of hydrogen-bond donors (Lipinski definition) is 2. The molecule has 0 saturated carbocycles. The van der Waals surface area contributed by atoms with Crippen molar-refractivity contribution in [3.8, 4) is 0 Å². The third-order valence-electron chi connectivity index (χ3n) is 3.25. The summed E-state index contributed by atoms with van der Waals surface area (Å²) in [5.74, 6) is -0.772. The smallest absolute Gasteiger partial charge is 0.304 e. The summed E-state index contributed by atoms with van der Waals surface area (Å²) in [4.78, 5) is 11.0. The van der Waals surface area contributed by atoms with Crippen LogP contribution in [0, 0.1) is 3.57 Å². The molecule has 0 unspecified atom stereocenters. The van der Waals surface area contributed by atoms with Gasteiger partial charge in [-0.25, -0.2) is 0 Å². The molecular weight excluding hydrogens is 377 g/mol. The van der Waals surface area contributed by atoms with Gasteiger partial charge in [-0.3, -0.25) is 4.79 Å². The molecule has 2 rings (SSSR count). The Morgan fingerprint density at radius 3 is 2.33 bits per heavy atom. The van der Waals surface area contributed by atoms with Gasteiger partial charge in [0, 0.05) is 16.2 Å². The van der Waals surface area contributed by atoms with Crippen LogP contribution in [0.1, 0.15) is 17.5 Å². The second-order valence-corrected chi connectivity index (χ2v) is 6.24. The van der Waals surface area contributed by atoms with E-state index < -0.39 is 5.97 Å². The zero-order chi connectivity index (χ0) is 15.1. The van der Waals surface area contributed by atoms with Crippen molar-refractivity contribution in [3.63, 3.8) is 0 Å². The molecule has 2 N–H and O–H groups in total. The Bertz CT molecular complexity index is 569. The molecule has 110 valence electrons. The Labute approximate surface area is 138 Å². The summed E-state index contributed by atoms with van der Waals surface area (Å²) in [6.07, 6.45) is 0.842. The minimum atomic E-state index is -0.772. The number of halogens is 1. The van der Waals surface area contributed by atoms with E-state index in [9.17, 15) is 4.79 Å². The lowest BCUT2D eigenvalue weighted by Crippen LogP contribution is -2.33. The molecule has 0 spiro atoms. The van der Waals surface area contributed by atoms with Crippen LogP contribution in [0.2, 0.25) is 0 Å². The molecule has 0 saturated heterocycles. The van der Waals surface area contributed by atoms with Crippen LogP contribution in [0.15, 0.2) is 54.6 Å². The number of aliphatic carboxylic acids is 1. The van der Waals surface area contributed by atoms with E-state index >= 15 is 0 Å².